The summed E-state index contributed by atoms with van der Waals surface area (Å²) in [5.74, 6) is 0.568. The van der Waals surface area contributed by atoms with E-state index in [2.05, 4.69) is 36.3 Å². The summed E-state index contributed by atoms with van der Waals surface area (Å²) in [5, 5.41) is 13.4. The average molecular weight is 310 g/mol. The van der Waals surface area contributed by atoms with Crippen molar-refractivity contribution in [2.45, 2.75) is 38.6 Å². The Hall–Kier alpha value is -2.13. The quantitative estimate of drug-likeness (QED) is 0.743. The maximum Gasteiger partial charge on any atom is 0.120 e. The van der Waals surface area contributed by atoms with Gasteiger partial charge < -0.3 is 10.4 Å². The summed E-state index contributed by atoms with van der Waals surface area (Å²) in [5.41, 5.74) is 3.02. The van der Waals surface area contributed by atoms with Crippen molar-refractivity contribution < 1.29 is 5.11 Å². The van der Waals surface area contributed by atoms with Crippen LogP contribution in [0.5, 0.6) is 5.75 Å². The molecule has 0 aromatic heterocycles. The molecular formula is C20H26N2O. The number of aromatic hydroxyl groups is 1. The van der Waals surface area contributed by atoms with Crippen molar-refractivity contribution in [2.75, 3.05) is 7.05 Å². The van der Waals surface area contributed by atoms with E-state index in [1.165, 1.54) is 5.56 Å². The summed E-state index contributed by atoms with van der Waals surface area (Å²) < 4.78 is 0. The van der Waals surface area contributed by atoms with Crippen LogP contribution in [0.2, 0.25) is 0 Å². The molecule has 2 aromatic rings. The number of phenols is 1. The number of nitrogens with one attached hydrogen (secondary N) is 1. The third-order valence-corrected chi connectivity index (χ3v) is 4.21. The Kier molecular flexibility index (Phi) is 6.36. The van der Waals surface area contributed by atoms with Crippen LogP contribution in [0, 0.1) is 0 Å². The standard InChI is InChI=1S/C20H26N2O/c1-15(17-8-5-4-6-9-17)14-22-19-10-7-11-20(23)18(19)13-12-16(2)21-3/h4-11,14-16,21,23H,12-13H2,1-3H3. The van der Waals surface area contributed by atoms with E-state index in [0.717, 1.165) is 24.1 Å². The minimum atomic E-state index is 0.239. The summed E-state index contributed by atoms with van der Waals surface area (Å²) in [4.78, 5) is 4.64. The minimum Gasteiger partial charge on any atom is -0.508 e. The van der Waals surface area contributed by atoms with Gasteiger partial charge in [0.15, 0.2) is 0 Å². The SMILES string of the molecule is CNC(C)CCc1c(O)cccc1N=CC(C)c1ccccc1. The van der Waals surface area contributed by atoms with Crippen LogP contribution in [0.4, 0.5) is 5.69 Å². The highest BCUT2D eigenvalue weighted by Crippen LogP contribution is 2.29. The van der Waals surface area contributed by atoms with E-state index >= 15 is 0 Å². The summed E-state index contributed by atoms with van der Waals surface area (Å²) in [6.07, 6.45) is 3.72. The molecule has 2 unspecified atom stereocenters. The van der Waals surface area contributed by atoms with E-state index in [0.29, 0.717) is 11.8 Å². The van der Waals surface area contributed by atoms with Gasteiger partial charge in [-0.05, 0) is 44.5 Å². The molecule has 0 saturated heterocycles. The predicted octanol–water partition coefficient (Wildman–Crippen LogP) is 4.44. The van der Waals surface area contributed by atoms with Gasteiger partial charge in [-0.2, -0.15) is 0 Å². The van der Waals surface area contributed by atoms with Gasteiger partial charge in [-0.1, -0.05) is 43.3 Å². The molecule has 0 spiro atoms. The highest BCUT2D eigenvalue weighted by molar-refractivity contribution is 5.72. The Morgan fingerprint density at radius 2 is 1.83 bits per heavy atom. The second kappa shape index (κ2) is 8.49. The van der Waals surface area contributed by atoms with E-state index in [1.807, 2.05) is 43.6 Å². The van der Waals surface area contributed by atoms with E-state index in [-0.39, 0.29) is 5.92 Å². The van der Waals surface area contributed by atoms with E-state index in [9.17, 15) is 5.11 Å². The Balaban J connectivity index is 2.15. The normalized spacial score (nSPS) is 14.0. The lowest BCUT2D eigenvalue weighted by Gasteiger charge is -2.13. The fraction of sp³-hybridized carbons (Fsp3) is 0.350. The van der Waals surface area contributed by atoms with Gasteiger partial charge in [-0.3, -0.25) is 4.99 Å². The largest absolute Gasteiger partial charge is 0.508 e. The minimum absolute atomic E-state index is 0.239. The molecule has 23 heavy (non-hydrogen) atoms. The van der Waals surface area contributed by atoms with Crippen molar-refractivity contribution >= 4 is 11.9 Å². The van der Waals surface area contributed by atoms with Crippen LogP contribution in [0.1, 0.15) is 37.3 Å². The molecular weight excluding hydrogens is 284 g/mol. The number of hydrogen-bond acceptors (Lipinski definition) is 3. The molecule has 0 saturated carbocycles. The second-order valence-corrected chi connectivity index (χ2v) is 5.98. The molecule has 3 nitrogen and oxygen atoms in total. The summed E-state index contributed by atoms with van der Waals surface area (Å²) in [6.45, 7) is 4.27. The first-order valence-electron chi connectivity index (χ1n) is 8.19. The Bertz CT molecular complexity index is 637. The molecule has 0 aliphatic carbocycles. The van der Waals surface area contributed by atoms with Gasteiger partial charge in [-0.25, -0.2) is 0 Å². The second-order valence-electron chi connectivity index (χ2n) is 5.98. The highest BCUT2D eigenvalue weighted by atomic mass is 16.3. The molecule has 0 amide bonds. The first-order chi connectivity index (χ1) is 11.1. The molecule has 0 radical (unpaired) electrons. The monoisotopic (exact) mass is 310 g/mol. The Labute approximate surface area is 139 Å². The first kappa shape index (κ1) is 17.2. The lowest BCUT2D eigenvalue weighted by molar-refractivity contribution is 0.464. The number of benzene rings is 2. The van der Waals surface area contributed by atoms with Crippen LogP contribution in [0.15, 0.2) is 53.5 Å². The van der Waals surface area contributed by atoms with Crippen molar-refractivity contribution in [3.63, 3.8) is 0 Å². The summed E-state index contributed by atoms with van der Waals surface area (Å²) >= 11 is 0. The van der Waals surface area contributed by atoms with Crippen molar-refractivity contribution in [1.82, 2.24) is 5.32 Å². The van der Waals surface area contributed by atoms with Gasteiger partial charge >= 0.3 is 0 Å². The number of aliphatic imine (C=N–C) groups is 1. The molecule has 122 valence electrons. The van der Waals surface area contributed by atoms with Gasteiger partial charge in [0.25, 0.3) is 0 Å². The fourth-order valence-electron chi connectivity index (χ4n) is 2.48. The zero-order valence-corrected chi connectivity index (χ0v) is 14.2. The number of rotatable bonds is 7. The molecule has 2 atom stereocenters. The molecule has 0 aliphatic rings. The Morgan fingerprint density at radius 1 is 1.09 bits per heavy atom. The lowest BCUT2D eigenvalue weighted by atomic mass is 10.0. The van der Waals surface area contributed by atoms with Crippen LogP contribution in [-0.2, 0) is 6.42 Å². The van der Waals surface area contributed by atoms with Gasteiger partial charge in [0.2, 0.25) is 0 Å². The van der Waals surface area contributed by atoms with Crippen LogP contribution in [0.3, 0.4) is 0 Å². The van der Waals surface area contributed by atoms with Crippen molar-refractivity contribution in [2.24, 2.45) is 4.99 Å². The van der Waals surface area contributed by atoms with E-state index < -0.39 is 0 Å². The smallest absolute Gasteiger partial charge is 0.120 e. The van der Waals surface area contributed by atoms with E-state index in [1.54, 1.807) is 6.07 Å². The van der Waals surface area contributed by atoms with Gasteiger partial charge in [0.1, 0.15) is 5.75 Å². The van der Waals surface area contributed by atoms with Gasteiger partial charge in [0, 0.05) is 23.7 Å². The zero-order chi connectivity index (χ0) is 16.7. The third kappa shape index (κ3) is 4.93. The van der Waals surface area contributed by atoms with Crippen LogP contribution >= 0.6 is 0 Å². The molecule has 0 heterocycles. The van der Waals surface area contributed by atoms with Crippen LogP contribution in [0.25, 0.3) is 0 Å². The molecule has 2 N–H and O–H groups in total. The number of hydrogen-bond donors (Lipinski definition) is 2. The summed E-state index contributed by atoms with van der Waals surface area (Å²) in [7, 11) is 1.95. The van der Waals surface area contributed by atoms with Crippen LogP contribution in [-0.4, -0.2) is 24.4 Å². The number of nitrogens with zero attached hydrogens (tertiary/aromatic N) is 1. The maximum absolute atomic E-state index is 10.2. The molecule has 0 aliphatic heterocycles. The van der Waals surface area contributed by atoms with Gasteiger partial charge in [0.05, 0.1) is 5.69 Å². The average Bonchev–Trinajstić information content (AvgIpc) is 2.59. The van der Waals surface area contributed by atoms with Gasteiger partial charge in [-0.15, -0.1) is 0 Å². The Morgan fingerprint density at radius 3 is 2.52 bits per heavy atom. The third-order valence-electron chi connectivity index (χ3n) is 4.21. The molecule has 3 heteroatoms. The molecule has 2 rings (SSSR count). The maximum atomic E-state index is 10.2. The lowest BCUT2D eigenvalue weighted by Crippen LogP contribution is -2.21. The molecule has 2 aromatic carbocycles. The topological polar surface area (TPSA) is 44.6 Å². The van der Waals surface area contributed by atoms with Crippen molar-refractivity contribution in [3.05, 3.63) is 59.7 Å². The predicted molar refractivity (Wildman–Crippen MR) is 98.0 cm³/mol. The first-order valence-corrected chi connectivity index (χ1v) is 8.19. The zero-order valence-electron chi connectivity index (χ0n) is 14.2. The highest BCUT2D eigenvalue weighted by Gasteiger charge is 2.09. The molecule has 0 bridgehead atoms. The summed E-state index contributed by atoms with van der Waals surface area (Å²) in [6, 6.07) is 16.3. The number of phenolic OH excluding ortho intramolecular Hbond substituents is 1. The van der Waals surface area contributed by atoms with E-state index in [4.69, 9.17) is 0 Å². The fourth-order valence-corrected chi connectivity index (χ4v) is 2.48. The molecule has 0 fully saturated rings. The van der Waals surface area contributed by atoms with Crippen molar-refractivity contribution in [3.8, 4) is 5.75 Å². The van der Waals surface area contributed by atoms with Crippen molar-refractivity contribution in [1.29, 1.82) is 0 Å². The van der Waals surface area contributed by atoms with Crippen LogP contribution < -0.4 is 5.32 Å².